The number of carbonyl (C=O) groups is 2. The number of hydrogen-bond acceptors (Lipinski definition) is 7. The molecule has 0 aromatic heterocycles. The Morgan fingerprint density at radius 2 is 0.877 bits per heavy atom. The normalized spacial score (nSPS) is 12.2. The van der Waals surface area contributed by atoms with Crippen molar-refractivity contribution >= 4 is 12.0 Å². The van der Waals surface area contributed by atoms with E-state index in [1.165, 1.54) is 193 Å². The van der Waals surface area contributed by atoms with Crippen LogP contribution >= 0.6 is 0 Å². The first-order valence-electron chi connectivity index (χ1n) is 28.6. The number of aliphatic hydroxyl groups is 1. The number of aliphatic hydroxyl groups excluding tert-OH is 1. The van der Waals surface area contributed by atoms with Crippen molar-refractivity contribution < 1.29 is 33.6 Å². The number of rotatable bonds is 54. The molecular weight excluding hydrogens is 813 g/mol. The van der Waals surface area contributed by atoms with Crippen LogP contribution in [0.2, 0.25) is 0 Å². The van der Waals surface area contributed by atoms with Gasteiger partial charge < -0.3 is 34.7 Å². The van der Waals surface area contributed by atoms with Crippen LogP contribution < -0.4 is 10.6 Å². The predicted octanol–water partition coefficient (Wildman–Crippen LogP) is 15.7. The Balaban J connectivity index is 4.23. The minimum absolute atomic E-state index is 0.0487. The molecule has 0 aromatic carbocycles. The minimum Gasteiger partial charge on any atom is -0.447 e. The molecule has 9 heteroatoms. The number of nitrogens with one attached hydrogen (secondary N) is 2. The van der Waals surface area contributed by atoms with Crippen molar-refractivity contribution in [2.75, 3.05) is 52.7 Å². The monoisotopic (exact) mass is 925 g/mol. The molecular formula is C56H112N2O7. The van der Waals surface area contributed by atoms with Gasteiger partial charge in [-0.3, -0.25) is 4.79 Å². The second-order valence-electron chi connectivity index (χ2n) is 19.4. The maximum Gasteiger partial charge on any atom is 0.407 e. The zero-order valence-electron chi connectivity index (χ0n) is 43.9. The van der Waals surface area contributed by atoms with E-state index in [9.17, 15) is 14.7 Å². The van der Waals surface area contributed by atoms with E-state index < -0.39 is 6.09 Å². The van der Waals surface area contributed by atoms with Crippen molar-refractivity contribution in [3.8, 4) is 0 Å². The third-order valence-corrected chi connectivity index (χ3v) is 13.5. The molecule has 65 heavy (non-hydrogen) atoms. The largest absolute Gasteiger partial charge is 0.447 e. The molecule has 0 fully saturated rings. The summed E-state index contributed by atoms with van der Waals surface area (Å²) in [5, 5.41) is 15.2. The third kappa shape index (κ3) is 46.1. The molecule has 0 saturated carbocycles. The van der Waals surface area contributed by atoms with Gasteiger partial charge in [-0.2, -0.15) is 0 Å². The van der Waals surface area contributed by atoms with Crippen LogP contribution in [0.15, 0.2) is 0 Å². The summed E-state index contributed by atoms with van der Waals surface area (Å²) in [5.74, 6) is 0.0487. The first kappa shape index (κ1) is 63.6. The summed E-state index contributed by atoms with van der Waals surface area (Å²) < 4.78 is 23.9. The molecule has 0 rings (SSSR count). The summed E-state index contributed by atoms with van der Waals surface area (Å²) in [6.45, 7) is 12.6. The Labute approximate surface area is 403 Å². The summed E-state index contributed by atoms with van der Waals surface area (Å²) in [5.41, 5.74) is -0.265. The Morgan fingerprint density at radius 1 is 0.462 bits per heavy atom. The molecule has 2 amide bonds. The van der Waals surface area contributed by atoms with E-state index in [2.05, 4.69) is 38.3 Å². The van der Waals surface area contributed by atoms with Crippen molar-refractivity contribution in [2.45, 2.75) is 296 Å². The molecule has 0 radical (unpaired) electrons. The maximum absolute atomic E-state index is 12.6. The van der Waals surface area contributed by atoms with Crippen molar-refractivity contribution in [1.29, 1.82) is 0 Å². The van der Waals surface area contributed by atoms with E-state index in [4.69, 9.17) is 18.9 Å². The first-order valence-corrected chi connectivity index (χ1v) is 28.6. The lowest BCUT2D eigenvalue weighted by Gasteiger charge is -2.31. The van der Waals surface area contributed by atoms with Gasteiger partial charge >= 0.3 is 6.09 Å². The van der Waals surface area contributed by atoms with Crippen LogP contribution in [0.1, 0.15) is 285 Å². The van der Waals surface area contributed by atoms with Gasteiger partial charge in [-0.15, -0.1) is 0 Å². The van der Waals surface area contributed by atoms with Gasteiger partial charge in [0.1, 0.15) is 12.7 Å². The number of amides is 2. The van der Waals surface area contributed by atoms with Crippen LogP contribution in [0, 0.1) is 0 Å². The van der Waals surface area contributed by atoms with Crippen LogP contribution in [-0.4, -0.2) is 81.5 Å². The SMILES string of the molecule is CCCCCCCCCCCCCCCCCCOC[C@H](COC(=O)NCCCCCC(=O)NCCCOC(CC)(CC)CCO)OCCCCCCCCCCCCCCCCCC. The second kappa shape index (κ2) is 52.0. The molecule has 0 aromatic rings. The smallest absolute Gasteiger partial charge is 0.407 e. The van der Waals surface area contributed by atoms with E-state index in [-0.39, 0.29) is 30.8 Å². The lowest BCUT2D eigenvalue weighted by Crippen LogP contribution is -2.34. The highest BCUT2D eigenvalue weighted by Gasteiger charge is 2.26. The highest BCUT2D eigenvalue weighted by molar-refractivity contribution is 5.75. The summed E-state index contributed by atoms with van der Waals surface area (Å²) in [6.07, 6.45) is 48.5. The maximum atomic E-state index is 12.6. The Kier molecular flexibility index (Phi) is 50.8. The third-order valence-electron chi connectivity index (χ3n) is 13.5. The molecule has 0 unspecified atom stereocenters. The lowest BCUT2D eigenvalue weighted by atomic mass is 9.93. The van der Waals surface area contributed by atoms with E-state index >= 15 is 0 Å². The minimum atomic E-state index is -0.423. The van der Waals surface area contributed by atoms with Gasteiger partial charge in [-0.1, -0.05) is 227 Å². The van der Waals surface area contributed by atoms with Crippen molar-refractivity contribution in [2.24, 2.45) is 0 Å². The molecule has 0 aliphatic heterocycles. The summed E-state index contributed by atoms with van der Waals surface area (Å²) in [4.78, 5) is 24.8. The molecule has 0 bridgehead atoms. The molecule has 9 nitrogen and oxygen atoms in total. The van der Waals surface area contributed by atoms with Gasteiger partial charge in [0.2, 0.25) is 5.91 Å². The predicted molar refractivity (Wildman–Crippen MR) is 276 cm³/mol. The average Bonchev–Trinajstić information content (AvgIpc) is 3.31. The average molecular weight is 926 g/mol. The molecule has 1 atom stereocenters. The summed E-state index contributed by atoms with van der Waals surface area (Å²) in [6, 6.07) is 0. The van der Waals surface area contributed by atoms with Crippen molar-refractivity contribution in [3.63, 3.8) is 0 Å². The van der Waals surface area contributed by atoms with E-state index in [1.54, 1.807) is 0 Å². The number of carbonyl (C=O) groups excluding carboxylic acids is 2. The molecule has 0 heterocycles. The number of unbranched alkanes of at least 4 members (excludes halogenated alkanes) is 32. The van der Waals surface area contributed by atoms with Crippen molar-refractivity contribution in [1.82, 2.24) is 10.6 Å². The highest BCUT2D eigenvalue weighted by atomic mass is 16.6. The highest BCUT2D eigenvalue weighted by Crippen LogP contribution is 2.24. The Bertz CT molecular complexity index is 965. The van der Waals surface area contributed by atoms with Crippen molar-refractivity contribution in [3.05, 3.63) is 0 Å². The van der Waals surface area contributed by atoms with Crippen LogP contribution in [0.3, 0.4) is 0 Å². The van der Waals surface area contributed by atoms with E-state index in [1.807, 2.05) is 0 Å². The number of hydrogen-bond donors (Lipinski definition) is 3. The van der Waals surface area contributed by atoms with Gasteiger partial charge in [0.25, 0.3) is 0 Å². The zero-order valence-corrected chi connectivity index (χ0v) is 43.9. The van der Waals surface area contributed by atoms with Crippen LogP contribution in [0.4, 0.5) is 4.79 Å². The quantitative estimate of drug-likeness (QED) is 0.0520. The fourth-order valence-electron chi connectivity index (χ4n) is 8.77. The van der Waals surface area contributed by atoms with Crippen LogP contribution in [0.25, 0.3) is 0 Å². The molecule has 3 N–H and O–H groups in total. The molecule has 0 aliphatic rings. The fraction of sp³-hybridized carbons (Fsp3) is 0.964. The molecule has 388 valence electrons. The molecule has 0 spiro atoms. The van der Waals surface area contributed by atoms with Crippen LogP contribution in [0.5, 0.6) is 0 Å². The zero-order chi connectivity index (χ0) is 47.4. The lowest BCUT2D eigenvalue weighted by molar-refractivity contribution is -0.121. The first-order chi connectivity index (χ1) is 32.0. The number of alkyl carbamates (subject to hydrolysis) is 1. The van der Waals surface area contributed by atoms with Crippen LogP contribution in [-0.2, 0) is 23.7 Å². The van der Waals surface area contributed by atoms with E-state index in [0.29, 0.717) is 45.8 Å². The molecule has 0 aliphatic carbocycles. The topological polar surface area (TPSA) is 115 Å². The molecule has 0 saturated heterocycles. The standard InChI is InChI=1S/C56H112N2O7/c1-5-9-11-13-15-17-19-21-23-25-27-29-31-33-35-40-48-62-51-53(63-49-41-36-34-32-30-28-26-24-22-20-18-16-14-12-10-6-2)52-64-55(61)58-45-39-37-38-43-54(60)57-46-42-50-65-56(7-3,8-4)44-47-59/h53,59H,5-52H2,1-4H3,(H,57,60)(H,58,61)/t53-/m1/s1. The van der Waals surface area contributed by atoms with Gasteiger partial charge in [0, 0.05) is 45.9 Å². The summed E-state index contributed by atoms with van der Waals surface area (Å²) in [7, 11) is 0. The summed E-state index contributed by atoms with van der Waals surface area (Å²) >= 11 is 0. The second-order valence-corrected chi connectivity index (χ2v) is 19.4. The Morgan fingerprint density at radius 3 is 1.32 bits per heavy atom. The van der Waals surface area contributed by atoms with Gasteiger partial charge in [0.15, 0.2) is 0 Å². The van der Waals surface area contributed by atoms with E-state index in [0.717, 1.165) is 58.0 Å². The fourth-order valence-corrected chi connectivity index (χ4v) is 8.77. The van der Waals surface area contributed by atoms with Gasteiger partial charge in [0.05, 0.1) is 12.2 Å². The number of ether oxygens (including phenoxy) is 4. The van der Waals surface area contributed by atoms with Gasteiger partial charge in [-0.05, 0) is 51.4 Å². The van der Waals surface area contributed by atoms with Gasteiger partial charge in [-0.25, -0.2) is 4.79 Å². The Hall–Kier alpha value is -1.42.